The lowest BCUT2D eigenvalue weighted by Gasteiger charge is -2.25. The van der Waals surface area contributed by atoms with Crippen molar-refractivity contribution in [1.29, 1.82) is 0 Å². The highest BCUT2D eigenvalue weighted by Gasteiger charge is 2.30. The Balaban J connectivity index is 1.70. The van der Waals surface area contributed by atoms with E-state index in [-0.39, 0.29) is 0 Å². The lowest BCUT2D eigenvalue weighted by Crippen LogP contribution is -2.28. The molecule has 1 heterocycles. The molecule has 0 unspecified atom stereocenters. The summed E-state index contributed by atoms with van der Waals surface area (Å²) < 4.78 is 0. The average molecular weight is 245 g/mol. The van der Waals surface area contributed by atoms with Crippen LogP contribution in [0.15, 0.2) is 18.2 Å². The molecule has 2 heteroatoms. The number of aryl methyl sites for hydroxylation is 1. The van der Waals surface area contributed by atoms with Gasteiger partial charge >= 0.3 is 0 Å². The van der Waals surface area contributed by atoms with E-state index in [2.05, 4.69) is 17.9 Å². The first-order chi connectivity index (χ1) is 8.70. The Morgan fingerprint density at radius 2 is 2.06 bits per heavy atom. The second kappa shape index (κ2) is 4.93. The molecule has 3 rings (SSSR count). The van der Waals surface area contributed by atoms with Gasteiger partial charge in [0.15, 0.2) is 0 Å². The number of likely N-dealkylation sites (tertiary alicyclic amines) is 1. The van der Waals surface area contributed by atoms with Crippen LogP contribution in [0.3, 0.4) is 0 Å². The van der Waals surface area contributed by atoms with Crippen LogP contribution in [0.4, 0.5) is 0 Å². The molecule has 2 aliphatic rings. The van der Waals surface area contributed by atoms with Crippen LogP contribution in [-0.4, -0.2) is 23.1 Å². The molecule has 98 valence electrons. The molecule has 2 atom stereocenters. The zero-order valence-electron chi connectivity index (χ0n) is 11.2. The summed E-state index contributed by atoms with van der Waals surface area (Å²) in [4.78, 5) is 2.54. The summed E-state index contributed by atoms with van der Waals surface area (Å²) in [6, 6.07) is 5.93. The fourth-order valence-electron chi connectivity index (χ4n) is 3.65. The molecule has 1 saturated heterocycles. The van der Waals surface area contributed by atoms with E-state index >= 15 is 0 Å². The van der Waals surface area contributed by atoms with E-state index in [1.165, 1.54) is 44.3 Å². The third-order valence-corrected chi connectivity index (χ3v) is 4.65. The Kier molecular flexibility index (Phi) is 3.29. The normalized spacial score (nSPS) is 28.3. The van der Waals surface area contributed by atoms with Crippen LogP contribution in [0.5, 0.6) is 5.75 Å². The highest BCUT2D eigenvalue weighted by Crippen LogP contribution is 2.37. The van der Waals surface area contributed by atoms with E-state index in [0.29, 0.717) is 5.75 Å². The summed E-state index contributed by atoms with van der Waals surface area (Å²) in [5.74, 6) is 2.34. The molecule has 2 fully saturated rings. The molecule has 1 aromatic rings. The van der Waals surface area contributed by atoms with Crippen LogP contribution in [0.2, 0.25) is 0 Å². The van der Waals surface area contributed by atoms with Crippen LogP contribution in [-0.2, 0) is 6.54 Å². The van der Waals surface area contributed by atoms with Gasteiger partial charge in [-0.25, -0.2) is 0 Å². The van der Waals surface area contributed by atoms with E-state index < -0.39 is 0 Å². The van der Waals surface area contributed by atoms with Gasteiger partial charge in [-0.1, -0.05) is 24.1 Å². The smallest absolute Gasteiger partial charge is 0.120 e. The second-order valence-corrected chi connectivity index (χ2v) is 6.20. The van der Waals surface area contributed by atoms with Crippen LogP contribution < -0.4 is 0 Å². The number of hydrogen-bond donors (Lipinski definition) is 1. The number of fused-ring (bicyclic) bond motifs is 2. The average Bonchev–Trinajstić information content (AvgIpc) is 2.67. The molecule has 0 radical (unpaired) electrons. The Hall–Kier alpha value is -1.02. The predicted molar refractivity (Wildman–Crippen MR) is 73.6 cm³/mol. The molecule has 1 aliphatic heterocycles. The van der Waals surface area contributed by atoms with Crippen molar-refractivity contribution in [3.63, 3.8) is 0 Å². The maximum atomic E-state index is 9.94. The Morgan fingerprint density at radius 1 is 1.22 bits per heavy atom. The molecular weight excluding hydrogens is 222 g/mol. The minimum atomic E-state index is 0.454. The monoisotopic (exact) mass is 245 g/mol. The lowest BCUT2D eigenvalue weighted by molar-refractivity contribution is 0.226. The summed E-state index contributed by atoms with van der Waals surface area (Å²) in [5.41, 5.74) is 2.33. The van der Waals surface area contributed by atoms with Crippen molar-refractivity contribution in [3.05, 3.63) is 29.3 Å². The molecule has 0 spiro atoms. The zero-order chi connectivity index (χ0) is 12.5. The minimum Gasteiger partial charge on any atom is -0.508 e. The third-order valence-electron chi connectivity index (χ3n) is 4.65. The van der Waals surface area contributed by atoms with Crippen molar-refractivity contribution in [2.45, 2.75) is 39.2 Å². The standard InChI is InChI=1S/C16H23NO/c1-12-2-5-16(18)15(8-12)11-17-7-6-13-3-4-14(9-13)10-17/h2,5,8,13-14,18H,3-4,6-7,9-11H2,1H3/t13-,14-/m0/s1. The summed E-state index contributed by atoms with van der Waals surface area (Å²) in [6.07, 6.45) is 5.66. The first-order valence-electron chi connectivity index (χ1n) is 7.21. The molecule has 2 bridgehead atoms. The van der Waals surface area contributed by atoms with Gasteiger partial charge in [-0.2, -0.15) is 0 Å². The van der Waals surface area contributed by atoms with Crippen LogP contribution >= 0.6 is 0 Å². The lowest BCUT2D eigenvalue weighted by atomic mass is 10.0. The highest BCUT2D eigenvalue weighted by molar-refractivity contribution is 5.35. The number of phenols is 1. The van der Waals surface area contributed by atoms with Crippen LogP contribution in [0.25, 0.3) is 0 Å². The summed E-state index contributed by atoms with van der Waals surface area (Å²) >= 11 is 0. The number of phenolic OH excluding ortho intramolecular Hbond substituents is 1. The molecule has 18 heavy (non-hydrogen) atoms. The van der Waals surface area contributed by atoms with E-state index in [1.54, 1.807) is 0 Å². The molecule has 1 aromatic carbocycles. The van der Waals surface area contributed by atoms with Crippen molar-refractivity contribution in [3.8, 4) is 5.75 Å². The Labute approximate surface area is 110 Å². The van der Waals surface area contributed by atoms with Crippen molar-refractivity contribution < 1.29 is 5.11 Å². The van der Waals surface area contributed by atoms with Gasteiger partial charge in [-0.3, -0.25) is 4.90 Å². The topological polar surface area (TPSA) is 23.5 Å². The first kappa shape index (κ1) is 12.0. The fourth-order valence-corrected chi connectivity index (χ4v) is 3.65. The van der Waals surface area contributed by atoms with Gasteiger partial charge in [0.05, 0.1) is 0 Å². The number of nitrogens with zero attached hydrogens (tertiary/aromatic N) is 1. The van der Waals surface area contributed by atoms with Gasteiger partial charge in [-0.15, -0.1) is 0 Å². The van der Waals surface area contributed by atoms with Crippen LogP contribution in [0, 0.1) is 18.8 Å². The van der Waals surface area contributed by atoms with Gasteiger partial charge < -0.3 is 5.11 Å². The molecule has 1 saturated carbocycles. The van der Waals surface area contributed by atoms with Crippen molar-refractivity contribution in [1.82, 2.24) is 4.90 Å². The minimum absolute atomic E-state index is 0.454. The van der Waals surface area contributed by atoms with Crippen molar-refractivity contribution in [2.24, 2.45) is 11.8 Å². The van der Waals surface area contributed by atoms with E-state index in [9.17, 15) is 5.11 Å². The van der Waals surface area contributed by atoms with Crippen molar-refractivity contribution in [2.75, 3.05) is 13.1 Å². The number of aromatic hydroxyl groups is 1. The summed E-state index contributed by atoms with van der Waals surface area (Å²) in [6.45, 7) is 5.43. The molecule has 1 N–H and O–H groups in total. The summed E-state index contributed by atoms with van der Waals surface area (Å²) in [7, 11) is 0. The van der Waals surface area contributed by atoms with Gasteiger partial charge in [0.25, 0.3) is 0 Å². The van der Waals surface area contributed by atoms with Crippen LogP contribution in [0.1, 0.15) is 36.8 Å². The zero-order valence-corrected chi connectivity index (χ0v) is 11.2. The van der Waals surface area contributed by atoms with E-state index in [1.807, 2.05) is 12.1 Å². The van der Waals surface area contributed by atoms with Gasteiger partial charge in [-0.05, 0) is 50.6 Å². The predicted octanol–water partition coefficient (Wildman–Crippen LogP) is 3.32. The molecule has 1 aliphatic carbocycles. The molecule has 0 aromatic heterocycles. The summed E-state index contributed by atoms with van der Waals surface area (Å²) in [5, 5.41) is 9.94. The maximum Gasteiger partial charge on any atom is 0.120 e. The first-order valence-corrected chi connectivity index (χ1v) is 7.21. The Bertz CT molecular complexity index is 429. The van der Waals surface area contributed by atoms with Gasteiger partial charge in [0, 0.05) is 18.7 Å². The molecular formula is C16H23NO. The number of benzene rings is 1. The van der Waals surface area contributed by atoms with E-state index in [0.717, 1.165) is 23.9 Å². The SMILES string of the molecule is Cc1ccc(O)c(CN2CC[C@@H]3CC[C@@H](C3)C2)c1. The molecule has 2 nitrogen and oxygen atoms in total. The molecule has 0 amide bonds. The largest absolute Gasteiger partial charge is 0.508 e. The second-order valence-electron chi connectivity index (χ2n) is 6.20. The number of hydrogen-bond acceptors (Lipinski definition) is 2. The number of rotatable bonds is 2. The quantitative estimate of drug-likeness (QED) is 0.864. The van der Waals surface area contributed by atoms with Gasteiger partial charge in [0.2, 0.25) is 0 Å². The van der Waals surface area contributed by atoms with E-state index in [4.69, 9.17) is 0 Å². The fraction of sp³-hybridized carbons (Fsp3) is 0.625. The maximum absolute atomic E-state index is 9.94. The van der Waals surface area contributed by atoms with Gasteiger partial charge in [0.1, 0.15) is 5.75 Å². The third kappa shape index (κ3) is 2.54. The Morgan fingerprint density at radius 3 is 2.94 bits per heavy atom. The van der Waals surface area contributed by atoms with Crippen molar-refractivity contribution >= 4 is 0 Å². The highest BCUT2D eigenvalue weighted by atomic mass is 16.3.